The molecule has 0 aliphatic heterocycles. The Morgan fingerprint density at radius 2 is 1.24 bits per heavy atom. The molecule has 168 valence electrons. The largest absolute Gasteiger partial charge is 0.0591 e. The van der Waals surface area contributed by atoms with Gasteiger partial charge in [0, 0.05) is 0 Å². The third kappa shape index (κ3) is 5.83. The third-order valence-electron chi connectivity index (χ3n) is 10.6. The first-order chi connectivity index (χ1) is 14.3. The molecule has 0 heteroatoms. The molecule has 0 nitrogen and oxygen atoms in total. The van der Waals surface area contributed by atoms with Gasteiger partial charge in [0.25, 0.3) is 0 Å². The molecule has 4 saturated carbocycles. The summed E-state index contributed by atoms with van der Waals surface area (Å²) in [7, 11) is 0. The second-order valence-electron chi connectivity index (χ2n) is 12.3. The van der Waals surface area contributed by atoms with E-state index in [1.54, 1.807) is 70.6 Å². The number of hydrogen-bond acceptors (Lipinski definition) is 0. The summed E-state index contributed by atoms with van der Waals surface area (Å²) in [5.74, 6) is 5.36. The quantitative estimate of drug-likeness (QED) is 0.399. The molecular weight excluding hydrogens is 348 g/mol. The van der Waals surface area contributed by atoms with Crippen LogP contribution in [0.3, 0.4) is 0 Å². The lowest BCUT2D eigenvalue weighted by Gasteiger charge is -2.50. The Bertz CT molecular complexity index is 449. The molecule has 4 aliphatic carbocycles. The Balaban J connectivity index is 1.42. The van der Waals surface area contributed by atoms with E-state index < -0.39 is 0 Å². The van der Waals surface area contributed by atoms with Crippen molar-refractivity contribution < 1.29 is 0 Å². The monoisotopic (exact) mass is 400 g/mol. The van der Waals surface area contributed by atoms with E-state index in [0.717, 1.165) is 29.6 Å². The maximum absolute atomic E-state index is 2.77. The Labute approximate surface area is 183 Å². The van der Waals surface area contributed by atoms with Gasteiger partial charge in [0.15, 0.2) is 0 Å². The van der Waals surface area contributed by atoms with Gasteiger partial charge in [-0.15, -0.1) is 0 Å². The highest BCUT2D eigenvalue weighted by molar-refractivity contribution is 4.94. The summed E-state index contributed by atoms with van der Waals surface area (Å²) in [5.41, 5.74) is 0.691. The molecule has 4 rings (SSSR count). The molecule has 0 radical (unpaired) electrons. The Morgan fingerprint density at radius 1 is 0.655 bits per heavy atom. The highest BCUT2D eigenvalue weighted by Gasteiger charge is 2.44. The van der Waals surface area contributed by atoms with Crippen molar-refractivity contribution in [3.05, 3.63) is 0 Å². The smallest absolute Gasteiger partial charge is 0.0269 e. The molecule has 0 heterocycles. The van der Waals surface area contributed by atoms with Crippen molar-refractivity contribution in [1.82, 2.24) is 0 Å². The van der Waals surface area contributed by atoms with E-state index in [2.05, 4.69) is 6.92 Å². The summed E-state index contributed by atoms with van der Waals surface area (Å²) < 4.78 is 0. The van der Waals surface area contributed by atoms with Gasteiger partial charge in [-0.3, -0.25) is 0 Å². The topological polar surface area (TPSA) is 0 Å². The second-order valence-corrected chi connectivity index (χ2v) is 12.3. The predicted octanol–water partition coefficient (Wildman–Crippen LogP) is 9.71. The lowest BCUT2D eigenvalue weighted by molar-refractivity contribution is 0.000526. The van der Waals surface area contributed by atoms with Crippen molar-refractivity contribution in [3.63, 3.8) is 0 Å². The van der Waals surface area contributed by atoms with Crippen molar-refractivity contribution in [2.75, 3.05) is 0 Å². The van der Waals surface area contributed by atoms with Crippen molar-refractivity contribution in [3.8, 4) is 0 Å². The van der Waals surface area contributed by atoms with Gasteiger partial charge < -0.3 is 0 Å². The molecule has 0 N–H and O–H groups in total. The van der Waals surface area contributed by atoms with Crippen molar-refractivity contribution in [2.45, 2.75) is 148 Å². The fourth-order valence-corrected chi connectivity index (χ4v) is 8.56. The summed E-state index contributed by atoms with van der Waals surface area (Å²) in [6, 6.07) is 0. The molecule has 0 saturated heterocycles. The lowest BCUT2D eigenvalue weighted by atomic mass is 9.55. The van der Waals surface area contributed by atoms with Crippen LogP contribution in [-0.4, -0.2) is 0 Å². The van der Waals surface area contributed by atoms with E-state index in [-0.39, 0.29) is 0 Å². The van der Waals surface area contributed by atoms with E-state index >= 15 is 0 Å². The molecular formula is C29H52. The second kappa shape index (κ2) is 11.0. The van der Waals surface area contributed by atoms with Gasteiger partial charge in [-0.1, -0.05) is 110 Å². The highest BCUT2D eigenvalue weighted by Crippen LogP contribution is 2.54. The van der Waals surface area contributed by atoms with Crippen LogP contribution in [0.2, 0.25) is 0 Å². The van der Waals surface area contributed by atoms with Crippen LogP contribution < -0.4 is 0 Å². The fourth-order valence-electron chi connectivity index (χ4n) is 8.56. The maximum Gasteiger partial charge on any atom is -0.0269 e. The normalized spacial score (nSPS) is 34.9. The number of rotatable bonds is 7. The molecule has 0 aromatic heterocycles. The summed E-state index contributed by atoms with van der Waals surface area (Å²) in [5, 5.41) is 0. The van der Waals surface area contributed by atoms with Crippen molar-refractivity contribution >= 4 is 0 Å². The fraction of sp³-hybridized carbons (Fsp3) is 1.00. The van der Waals surface area contributed by atoms with Gasteiger partial charge in [0.2, 0.25) is 0 Å². The Morgan fingerprint density at radius 3 is 1.93 bits per heavy atom. The van der Waals surface area contributed by atoms with Crippen LogP contribution in [0.25, 0.3) is 0 Å². The third-order valence-corrected chi connectivity index (χ3v) is 10.6. The minimum Gasteiger partial charge on any atom is -0.0591 e. The standard InChI is InChI=1S/C29H52/c1-29(27-17-9-4-10-18-27)22-12-11-19-28(29)23-26(25-15-7-3-8-16-25)21-20-24-13-5-2-6-14-24/h24-28H,2-23H2,1H3. The minimum atomic E-state index is 0.691. The first-order valence-corrected chi connectivity index (χ1v) is 14.3. The maximum atomic E-state index is 2.77. The Kier molecular flexibility index (Phi) is 8.45. The van der Waals surface area contributed by atoms with Gasteiger partial charge >= 0.3 is 0 Å². The van der Waals surface area contributed by atoms with Crippen LogP contribution in [0.15, 0.2) is 0 Å². The van der Waals surface area contributed by atoms with Gasteiger partial charge in [0.1, 0.15) is 0 Å². The average Bonchev–Trinajstić information content (AvgIpc) is 2.80. The average molecular weight is 401 g/mol. The predicted molar refractivity (Wildman–Crippen MR) is 127 cm³/mol. The highest BCUT2D eigenvalue weighted by atomic mass is 14.5. The first-order valence-electron chi connectivity index (χ1n) is 14.3. The van der Waals surface area contributed by atoms with Gasteiger partial charge in [-0.05, 0) is 73.5 Å². The van der Waals surface area contributed by atoms with Gasteiger partial charge in [-0.2, -0.15) is 0 Å². The van der Waals surface area contributed by atoms with Crippen LogP contribution in [0.4, 0.5) is 0 Å². The summed E-state index contributed by atoms with van der Waals surface area (Å²) >= 11 is 0. The van der Waals surface area contributed by atoms with Crippen LogP contribution >= 0.6 is 0 Å². The van der Waals surface area contributed by atoms with E-state index in [1.165, 1.54) is 70.6 Å². The molecule has 29 heavy (non-hydrogen) atoms. The zero-order chi connectivity index (χ0) is 19.9. The lowest BCUT2D eigenvalue weighted by Crippen LogP contribution is -2.40. The molecule has 3 atom stereocenters. The molecule has 0 amide bonds. The van der Waals surface area contributed by atoms with E-state index in [1.807, 2.05) is 0 Å². The zero-order valence-corrected chi connectivity index (χ0v) is 19.9. The summed E-state index contributed by atoms with van der Waals surface area (Å²) in [6.07, 6.45) is 34.1. The molecule has 4 fully saturated rings. The molecule has 4 aliphatic rings. The molecule has 3 unspecified atom stereocenters. The van der Waals surface area contributed by atoms with Crippen LogP contribution in [-0.2, 0) is 0 Å². The van der Waals surface area contributed by atoms with E-state index in [4.69, 9.17) is 0 Å². The number of hydrogen-bond donors (Lipinski definition) is 0. The van der Waals surface area contributed by atoms with E-state index in [9.17, 15) is 0 Å². The Hall–Kier alpha value is 0. The van der Waals surface area contributed by atoms with Gasteiger partial charge in [0.05, 0.1) is 0 Å². The van der Waals surface area contributed by atoms with Crippen LogP contribution in [0, 0.1) is 35.0 Å². The SMILES string of the molecule is CC1(C2CCCCC2)CCCCC1CC(CCC1CCCCC1)C1CCCCC1. The summed E-state index contributed by atoms with van der Waals surface area (Å²) in [6.45, 7) is 2.77. The van der Waals surface area contributed by atoms with Crippen LogP contribution in [0.5, 0.6) is 0 Å². The zero-order valence-electron chi connectivity index (χ0n) is 19.9. The first kappa shape index (κ1) is 22.2. The van der Waals surface area contributed by atoms with E-state index in [0.29, 0.717) is 5.41 Å². The van der Waals surface area contributed by atoms with Crippen molar-refractivity contribution in [2.24, 2.45) is 35.0 Å². The minimum absolute atomic E-state index is 0.691. The van der Waals surface area contributed by atoms with Crippen molar-refractivity contribution in [1.29, 1.82) is 0 Å². The molecule has 0 spiro atoms. The van der Waals surface area contributed by atoms with Gasteiger partial charge in [-0.25, -0.2) is 0 Å². The molecule has 0 aromatic rings. The summed E-state index contributed by atoms with van der Waals surface area (Å²) in [4.78, 5) is 0. The molecule has 0 aromatic carbocycles. The van der Waals surface area contributed by atoms with Crippen LogP contribution in [0.1, 0.15) is 148 Å². The molecule has 0 bridgehead atoms.